The minimum atomic E-state index is -1.25. The first kappa shape index (κ1) is 27.7. The van der Waals surface area contributed by atoms with E-state index in [1.54, 1.807) is 23.6 Å². The molecule has 38 heavy (non-hydrogen) atoms. The van der Waals surface area contributed by atoms with E-state index in [0.717, 1.165) is 0 Å². The fourth-order valence-electron chi connectivity index (χ4n) is 3.86. The molecule has 0 spiro atoms. The zero-order valence-electron chi connectivity index (χ0n) is 20.7. The van der Waals surface area contributed by atoms with Gasteiger partial charge in [-0.1, -0.05) is 22.7 Å². The van der Waals surface area contributed by atoms with Crippen molar-refractivity contribution in [1.82, 2.24) is 25.9 Å². The number of nitrogens with zero attached hydrogens (tertiary/aromatic N) is 3. The minimum absolute atomic E-state index is 0.125. The van der Waals surface area contributed by atoms with Gasteiger partial charge in [-0.15, -0.1) is 23.1 Å². The van der Waals surface area contributed by atoms with E-state index in [4.69, 9.17) is 0 Å². The Balaban J connectivity index is 1.46. The molecule has 0 aromatic carbocycles. The number of carboxylic acid groups (broad SMARTS) is 1. The van der Waals surface area contributed by atoms with Crippen LogP contribution < -0.4 is 20.8 Å². The van der Waals surface area contributed by atoms with E-state index >= 15 is 0 Å². The van der Waals surface area contributed by atoms with Crippen molar-refractivity contribution in [2.24, 2.45) is 0 Å². The molecule has 0 aliphatic carbocycles. The summed E-state index contributed by atoms with van der Waals surface area (Å²) in [6, 6.07) is 4.13. The first-order chi connectivity index (χ1) is 17.9. The quantitative estimate of drug-likeness (QED) is 0.157. The average molecular weight is 579 g/mol. The molecule has 0 bridgehead atoms. The van der Waals surface area contributed by atoms with Crippen molar-refractivity contribution in [2.45, 2.75) is 48.8 Å². The van der Waals surface area contributed by atoms with E-state index in [2.05, 4.69) is 21.0 Å². The zero-order chi connectivity index (χ0) is 27.6. The van der Waals surface area contributed by atoms with E-state index in [9.17, 15) is 29.5 Å². The molecule has 15 heteroatoms. The monoisotopic (exact) mass is 578 g/mol. The van der Waals surface area contributed by atoms with Crippen molar-refractivity contribution in [2.75, 3.05) is 11.5 Å². The SMILES string of the molecule is CC(C)(C)NC(=O)NC(C(=O)N[C@H]1C(=O)N2C(C(=O)O)=C(CSc3ccc[n+]([O-])n3)CSC12)c1cccs1. The van der Waals surface area contributed by atoms with Crippen molar-refractivity contribution >= 4 is 58.7 Å². The standard InChI is InChI=1S/C23H26N6O6S3/c1-23(2,3)26-22(34)25-15(13-6-5-9-36-13)18(30)24-16-19(31)29-17(21(32)33)12(11-38-20(16)29)10-37-14-7-4-8-28(35)27-14/h4-9,15-16,20H,10-11H2,1-3H3,(H,24,30)(H,32,33)(H2,25,26,34)/t15?,16-,20?/m0/s1. The molecule has 4 heterocycles. The van der Waals surface area contributed by atoms with Crippen LogP contribution in [-0.4, -0.2) is 67.4 Å². The second kappa shape index (κ2) is 11.2. The van der Waals surface area contributed by atoms with Gasteiger partial charge in [-0.3, -0.25) is 14.5 Å². The molecule has 2 aromatic rings. The molecule has 1 fully saturated rings. The minimum Gasteiger partial charge on any atom is -0.594 e. The topological polar surface area (TPSA) is 168 Å². The number of urea groups is 1. The second-order valence-corrected chi connectivity index (χ2v) is 12.6. The van der Waals surface area contributed by atoms with E-state index in [1.165, 1.54) is 52.0 Å². The van der Waals surface area contributed by atoms with Crippen LogP contribution in [0.15, 0.2) is 52.1 Å². The predicted molar refractivity (Wildman–Crippen MR) is 142 cm³/mol. The highest BCUT2D eigenvalue weighted by Gasteiger charge is 2.54. The number of carbonyl (C=O) groups is 4. The molecule has 202 valence electrons. The fourth-order valence-corrected chi connectivity index (χ4v) is 6.98. The second-order valence-electron chi connectivity index (χ2n) is 9.49. The molecular formula is C23H26N6O6S3. The summed E-state index contributed by atoms with van der Waals surface area (Å²) in [7, 11) is 0. The molecule has 2 aromatic heterocycles. The Hall–Kier alpha value is -3.30. The number of aromatic nitrogens is 2. The van der Waals surface area contributed by atoms with Crippen LogP contribution in [0.25, 0.3) is 0 Å². The van der Waals surface area contributed by atoms with Crippen molar-refractivity contribution in [3.8, 4) is 0 Å². The van der Waals surface area contributed by atoms with Crippen LogP contribution in [0.1, 0.15) is 31.7 Å². The normalized spacial score (nSPS) is 19.8. The first-order valence-corrected chi connectivity index (χ1v) is 14.4. The summed E-state index contributed by atoms with van der Waals surface area (Å²) in [6.07, 6.45) is 1.25. The van der Waals surface area contributed by atoms with Gasteiger partial charge in [0.05, 0.1) is 0 Å². The Bertz CT molecular complexity index is 1280. The Kier molecular flexibility index (Phi) is 8.18. The maximum atomic E-state index is 13.2. The molecule has 3 atom stereocenters. The van der Waals surface area contributed by atoms with Gasteiger partial charge in [-0.25, -0.2) is 9.59 Å². The molecule has 2 unspecified atom stereocenters. The van der Waals surface area contributed by atoms with Crippen LogP contribution in [0.3, 0.4) is 0 Å². The fraction of sp³-hybridized carbons (Fsp3) is 0.391. The van der Waals surface area contributed by atoms with Crippen molar-refractivity contribution < 1.29 is 29.1 Å². The molecule has 4 rings (SSSR count). The third kappa shape index (κ3) is 6.22. The smallest absolute Gasteiger partial charge is 0.352 e. The highest BCUT2D eigenvalue weighted by Crippen LogP contribution is 2.41. The summed E-state index contributed by atoms with van der Waals surface area (Å²) in [5, 5.41) is 34.8. The van der Waals surface area contributed by atoms with E-state index in [-0.39, 0.29) is 11.4 Å². The molecule has 12 nitrogen and oxygen atoms in total. The van der Waals surface area contributed by atoms with Crippen LogP contribution in [0.5, 0.6) is 0 Å². The number of thioether (sulfide) groups is 2. The first-order valence-electron chi connectivity index (χ1n) is 11.5. The Morgan fingerprint density at radius 1 is 1.32 bits per heavy atom. The van der Waals surface area contributed by atoms with Crippen LogP contribution in [0.2, 0.25) is 0 Å². The zero-order valence-corrected chi connectivity index (χ0v) is 23.1. The number of carboxylic acids is 1. The van der Waals surface area contributed by atoms with Gasteiger partial charge in [0.1, 0.15) is 23.2 Å². The lowest BCUT2D eigenvalue weighted by atomic mass is 10.0. The third-order valence-electron chi connectivity index (χ3n) is 5.45. The number of hydrogen-bond acceptors (Lipinski definition) is 9. The molecule has 2 aliphatic heterocycles. The largest absolute Gasteiger partial charge is 0.594 e. The maximum absolute atomic E-state index is 13.2. The lowest BCUT2D eigenvalue weighted by Gasteiger charge is -2.49. The highest BCUT2D eigenvalue weighted by molar-refractivity contribution is 8.01. The number of β-lactam (4-membered cyclic amide) rings is 1. The number of aliphatic carboxylic acids is 1. The summed E-state index contributed by atoms with van der Waals surface area (Å²) in [5.41, 5.74) is -0.131. The van der Waals surface area contributed by atoms with Crippen LogP contribution in [0, 0.1) is 5.21 Å². The Morgan fingerprint density at radius 2 is 2.08 bits per heavy atom. The van der Waals surface area contributed by atoms with Gasteiger partial charge < -0.3 is 26.3 Å². The number of thiophene rings is 1. The molecule has 0 saturated carbocycles. The van der Waals surface area contributed by atoms with Crippen LogP contribution in [-0.2, 0) is 14.4 Å². The predicted octanol–water partition coefficient (Wildman–Crippen LogP) is 1.45. The number of carbonyl (C=O) groups excluding carboxylic acids is 3. The summed E-state index contributed by atoms with van der Waals surface area (Å²) < 4.78 is 0. The van der Waals surface area contributed by atoms with Gasteiger partial charge in [0.15, 0.2) is 5.03 Å². The molecule has 1 saturated heterocycles. The van der Waals surface area contributed by atoms with Gasteiger partial charge in [-0.2, -0.15) is 0 Å². The van der Waals surface area contributed by atoms with Crippen molar-refractivity contribution in [3.63, 3.8) is 0 Å². The lowest BCUT2D eigenvalue weighted by Crippen LogP contribution is -2.71. The Morgan fingerprint density at radius 3 is 2.71 bits per heavy atom. The van der Waals surface area contributed by atoms with Gasteiger partial charge in [0.2, 0.25) is 12.1 Å². The van der Waals surface area contributed by atoms with Gasteiger partial charge in [-0.05, 0) is 43.9 Å². The molecular weight excluding hydrogens is 552 g/mol. The number of fused-ring (bicyclic) bond motifs is 1. The molecule has 0 radical (unpaired) electrons. The van der Waals surface area contributed by atoms with Gasteiger partial charge >= 0.3 is 12.0 Å². The average Bonchev–Trinajstić information content (AvgIpc) is 3.37. The number of hydrogen-bond donors (Lipinski definition) is 4. The summed E-state index contributed by atoms with van der Waals surface area (Å²) >= 11 is 3.82. The molecule has 2 aliphatic rings. The van der Waals surface area contributed by atoms with Crippen molar-refractivity contribution in [1.29, 1.82) is 0 Å². The summed E-state index contributed by atoms with van der Waals surface area (Å²) in [4.78, 5) is 53.1. The highest BCUT2D eigenvalue weighted by atomic mass is 32.2. The van der Waals surface area contributed by atoms with E-state index in [1.807, 2.05) is 20.8 Å². The maximum Gasteiger partial charge on any atom is 0.352 e. The van der Waals surface area contributed by atoms with Crippen LogP contribution >= 0.6 is 34.9 Å². The lowest BCUT2D eigenvalue weighted by molar-refractivity contribution is -0.672. The number of rotatable bonds is 8. The Labute approximate surface area is 230 Å². The van der Waals surface area contributed by atoms with Gasteiger partial charge in [0.25, 0.3) is 5.91 Å². The number of amides is 4. The third-order valence-corrected chi connectivity index (χ3v) is 8.73. The van der Waals surface area contributed by atoms with Gasteiger partial charge in [0, 0.05) is 33.1 Å². The number of nitrogens with one attached hydrogen (secondary N) is 3. The molecule has 4 N–H and O–H groups in total. The summed E-state index contributed by atoms with van der Waals surface area (Å²) in [6.45, 7) is 5.43. The molecule has 4 amide bonds. The summed E-state index contributed by atoms with van der Waals surface area (Å²) in [5.74, 6) is -1.82. The van der Waals surface area contributed by atoms with Crippen molar-refractivity contribution in [3.05, 3.63) is 57.2 Å². The van der Waals surface area contributed by atoms with E-state index < -0.39 is 46.8 Å². The van der Waals surface area contributed by atoms with E-state index in [0.29, 0.717) is 26.1 Å². The van der Waals surface area contributed by atoms with Crippen LogP contribution in [0.4, 0.5) is 4.79 Å².